The topological polar surface area (TPSA) is 52.8 Å². The first-order valence-electron chi connectivity index (χ1n) is 7.53. The fourth-order valence-electron chi connectivity index (χ4n) is 2.92. The van der Waals surface area contributed by atoms with Gasteiger partial charge in [0.25, 0.3) is 0 Å². The van der Waals surface area contributed by atoms with Crippen LogP contribution < -0.4 is 5.73 Å². The van der Waals surface area contributed by atoms with E-state index in [1.54, 1.807) is 0 Å². The standard InChI is InChI=1S/C14H28N4O/c1-14(2,12-15)18-10-8-17(9-11-18)13(19)16-6-4-3-5-7-16/h3-12,15H2,1-2H3. The van der Waals surface area contributed by atoms with Crippen LogP contribution in [0.4, 0.5) is 4.79 Å². The number of nitrogens with zero attached hydrogens (tertiary/aromatic N) is 3. The summed E-state index contributed by atoms with van der Waals surface area (Å²) in [7, 11) is 0. The molecule has 0 saturated carbocycles. The van der Waals surface area contributed by atoms with E-state index >= 15 is 0 Å². The molecular weight excluding hydrogens is 240 g/mol. The van der Waals surface area contributed by atoms with Crippen molar-refractivity contribution in [3.63, 3.8) is 0 Å². The second kappa shape index (κ2) is 6.09. The quantitative estimate of drug-likeness (QED) is 0.811. The Morgan fingerprint density at radius 2 is 1.47 bits per heavy atom. The van der Waals surface area contributed by atoms with Gasteiger partial charge in [-0.15, -0.1) is 0 Å². The zero-order valence-corrected chi connectivity index (χ0v) is 12.4. The molecule has 0 aromatic carbocycles. The molecule has 0 spiro atoms. The molecule has 0 aliphatic carbocycles. The van der Waals surface area contributed by atoms with Gasteiger partial charge < -0.3 is 15.5 Å². The first kappa shape index (κ1) is 14.6. The maximum absolute atomic E-state index is 12.4. The summed E-state index contributed by atoms with van der Waals surface area (Å²) in [6.07, 6.45) is 3.58. The van der Waals surface area contributed by atoms with E-state index in [1.165, 1.54) is 6.42 Å². The van der Waals surface area contributed by atoms with Gasteiger partial charge in [-0.1, -0.05) is 0 Å². The van der Waals surface area contributed by atoms with Crippen LogP contribution in [-0.2, 0) is 0 Å². The number of carbonyl (C=O) groups is 1. The highest BCUT2D eigenvalue weighted by Gasteiger charge is 2.31. The van der Waals surface area contributed by atoms with Crippen molar-refractivity contribution in [1.82, 2.24) is 14.7 Å². The average Bonchev–Trinajstić information content (AvgIpc) is 2.47. The number of nitrogens with two attached hydrogens (primary N) is 1. The normalized spacial score (nSPS) is 22.7. The van der Waals surface area contributed by atoms with E-state index in [9.17, 15) is 4.79 Å². The third-order valence-electron chi connectivity index (χ3n) is 4.53. The van der Waals surface area contributed by atoms with E-state index in [-0.39, 0.29) is 11.6 Å². The van der Waals surface area contributed by atoms with E-state index in [0.29, 0.717) is 6.54 Å². The molecule has 5 heteroatoms. The molecule has 2 amide bonds. The highest BCUT2D eigenvalue weighted by atomic mass is 16.2. The molecule has 0 aromatic heterocycles. The van der Waals surface area contributed by atoms with Crippen molar-refractivity contribution in [2.24, 2.45) is 5.73 Å². The SMILES string of the molecule is CC(C)(CN)N1CCN(C(=O)N2CCCCC2)CC1. The van der Waals surface area contributed by atoms with Gasteiger partial charge in [0.2, 0.25) is 0 Å². The summed E-state index contributed by atoms with van der Waals surface area (Å²) >= 11 is 0. The van der Waals surface area contributed by atoms with E-state index < -0.39 is 0 Å². The Bertz CT molecular complexity index is 305. The maximum atomic E-state index is 12.4. The smallest absolute Gasteiger partial charge is 0.320 e. The Morgan fingerprint density at radius 3 is 2.00 bits per heavy atom. The molecule has 2 rings (SSSR count). The zero-order chi connectivity index (χ0) is 13.9. The van der Waals surface area contributed by atoms with Gasteiger partial charge in [0.05, 0.1) is 0 Å². The van der Waals surface area contributed by atoms with Crippen molar-refractivity contribution in [3.05, 3.63) is 0 Å². The van der Waals surface area contributed by atoms with Crippen molar-refractivity contribution >= 4 is 6.03 Å². The van der Waals surface area contributed by atoms with E-state index in [0.717, 1.165) is 52.1 Å². The molecule has 0 aromatic rings. The van der Waals surface area contributed by atoms with Crippen LogP contribution in [0.25, 0.3) is 0 Å². The zero-order valence-electron chi connectivity index (χ0n) is 12.4. The van der Waals surface area contributed by atoms with Gasteiger partial charge >= 0.3 is 6.03 Å². The number of urea groups is 1. The summed E-state index contributed by atoms with van der Waals surface area (Å²) in [5.41, 5.74) is 5.86. The van der Waals surface area contributed by atoms with Crippen LogP contribution in [0.3, 0.4) is 0 Å². The van der Waals surface area contributed by atoms with Crippen molar-refractivity contribution in [2.75, 3.05) is 45.8 Å². The van der Waals surface area contributed by atoms with Crippen LogP contribution in [0.1, 0.15) is 33.1 Å². The lowest BCUT2D eigenvalue weighted by Gasteiger charge is -2.44. The molecule has 5 nitrogen and oxygen atoms in total. The lowest BCUT2D eigenvalue weighted by molar-refractivity contribution is 0.0575. The highest BCUT2D eigenvalue weighted by molar-refractivity contribution is 5.74. The van der Waals surface area contributed by atoms with Crippen molar-refractivity contribution in [2.45, 2.75) is 38.6 Å². The summed E-state index contributed by atoms with van der Waals surface area (Å²) in [5.74, 6) is 0. The van der Waals surface area contributed by atoms with Gasteiger partial charge in [0.15, 0.2) is 0 Å². The molecule has 19 heavy (non-hydrogen) atoms. The predicted octanol–water partition coefficient (Wildman–Crippen LogP) is 0.947. The number of carbonyl (C=O) groups excluding carboxylic acids is 1. The molecule has 2 N–H and O–H groups in total. The number of likely N-dealkylation sites (tertiary alicyclic amines) is 1. The molecule has 2 aliphatic heterocycles. The molecule has 0 atom stereocenters. The van der Waals surface area contributed by atoms with Crippen LogP contribution in [0, 0.1) is 0 Å². The Kier molecular flexibility index (Phi) is 4.68. The largest absolute Gasteiger partial charge is 0.329 e. The predicted molar refractivity (Wildman–Crippen MR) is 77.1 cm³/mol. The number of piperidine rings is 1. The number of piperazine rings is 1. The van der Waals surface area contributed by atoms with E-state index in [2.05, 4.69) is 18.7 Å². The maximum Gasteiger partial charge on any atom is 0.320 e. The summed E-state index contributed by atoms with van der Waals surface area (Å²) in [5, 5.41) is 0. The minimum atomic E-state index is 0.0419. The second-order valence-electron chi connectivity index (χ2n) is 6.32. The number of hydrogen-bond donors (Lipinski definition) is 1. The third kappa shape index (κ3) is 3.39. The number of amides is 2. The molecule has 0 radical (unpaired) electrons. The first-order valence-corrected chi connectivity index (χ1v) is 7.53. The van der Waals surface area contributed by atoms with Crippen molar-refractivity contribution in [1.29, 1.82) is 0 Å². The van der Waals surface area contributed by atoms with Crippen molar-refractivity contribution in [3.8, 4) is 0 Å². The minimum Gasteiger partial charge on any atom is -0.329 e. The molecule has 110 valence electrons. The summed E-state index contributed by atoms with van der Waals surface area (Å²) in [6, 6.07) is 0.241. The first-order chi connectivity index (χ1) is 9.04. The third-order valence-corrected chi connectivity index (χ3v) is 4.53. The molecule has 2 heterocycles. The Morgan fingerprint density at radius 1 is 0.947 bits per heavy atom. The van der Waals surface area contributed by atoms with Crippen LogP contribution in [-0.4, -0.2) is 72.1 Å². The molecule has 0 bridgehead atoms. The monoisotopic (exact) mass is 268 g/mol. The molecule has 2 fully saturated rings. The molecular formula is C14H28N4O. The van der Waals surface area contributed by atoms with E-state index in [4.69, 9.17) is 5.73 Å². The molecule has 2 saturated heterocycles. The Hall–Kier alpha value is -0.810. The fourth-order valence-corrected chi connectivity index (χ4v) is 2.92. The summed E-state index contributed by atoms with van der Waals surface area (Å²) in [6.45, 7) is 10.4. The minimum absolute atomic E-state index is 0.0419. The Labute approximate surface area is 116 Å². The van der Waals surface area contributed by atoms with Gasteiger partial charge in [-0.25, -0.2) is 4.79 Å². The average molecular weight is 268 g/mol. The lowest BCUT2D eigenvalue weighted by atomic mass is 10.0. The van der Waals surface area contributed by atoms with Crippen LogP contribution in [0.2, 0.25) is 0 Å². The highest BCUT2D eigenvalue weighted by Crippen LogP contribution is 2.17. The van der Waals surface area contributed by atoms with E-state index in [1.807, 2.05) is 9.80 Å². The van der Waals surface area contributed by atoms with Gasteiger partial charge in [-0.05, 0) is 33.1 Å². The van der Waals surface area contributed by atoms with Gasteiger partial charge in [0.1, 0.15) is 0 Å². The summed E-state index contributed by atoms with van der Waals surface area (Å²) < 4.78 is 0. The number of rotatable bonds is 2. The van der Waals surface area contributed by atoms with Gasteiger partial charge in [-0.3, -0.25) is 4.90 Å². The molecule has 2 aliphatic rings. The Balaban J connectivity index is 1.84. The van der Waals surface area contributed by atoms with Crippen LogP contribution in [0.15, 0.2) is 0 Å². The second-order valence-corrected chi connectivity index (χ2v) is 6.32. The molecule has 0 unspecified atom stereocenters. The van der Waals surface area contributed by atoms with Crippen LogP contribution in [0.5, 0.6) is 0 Å². The fraction of sp³-hybridized carbons (Fsp3) is 0.929. The van der Waals surface area contributed by atoms with Gasteiger partial charge in [-0.2, -0.15) is 0 Å². The van der Waals surface area contributed by atoms with Crippen molar-refractivity contribution < 1.29 is 4.79 Å². The number of hydrogen-bond acceptors (Lipinski definition) is 3. The lowest BCUT2D eigenvalue weighted by Crippen LogP contribution is -2.59. The van der Waals surface area contributed by atoms with Gasteiger partial charge in [0, 0.05) is 51.4 Å². The summed E-state index contributed by atoms with van der Waals surface area (Å²) in [4.78, 5) is 18.8. The van der Waals surface area contributed by atoms with Crippen LogP contribution >= 0.6 is 0 Å².